The molecule has 1 N–H and O–H groups in total. The molecule has 0 saturated heterocycles. The Bertz CT molecular complexity index is 507. The van der Waals surface area contributed by atoms with E-state index in [1.54, 1.807) is 12.1 Å². The molecule has 0 aromatic heterocycles. The van der Waals surface area contributed by atoms with Crippen LogP contribution in [-0.4, -0.2) is 28.4 Å². The summed E-state index contributed by atoms with van der Waals surface area (Å²) < 4.78 is 0. The first-order chi connectivity index (χ1) is 9.61. The van der Waals surface area contributed by atoms with Crippen molar-refractivity contribution in [1.29, 1.82) is 0 Å². The summed E-state index contributed by atoms with van der Waals surface area (Å²) in [6.45, 7) is 0. The van der Waals surface area contributed by atoms with Crippen molar-refractivity contribution in [3.8, 4) is 0 Å². The van der Waals surface area contributed by atoms with Gasteiger partial charge in [0.15, 0.2) is 0 Å². The monoisotopic (exact) mass is 294 g/mol. The highest BCUT2D eigenvalue weighted by molar-refractivity contribution is 7.99. The first-order valence-electron chi connectivity index (χ1n) is 6.69. The Morgan fingerprint density at radius 1 is 1.40 bits per heavy atom. The van der Waals surface area contributed by atoms with Gasteiger partial charge in [-0.2, -0.15) is 11.8 Å². The predicted molar refractivity (Wildman–Crippen MR) is 80.1 cm³/mol. The molecule has 0 unspecified atom stereocenters. The fourth-order valence-corrected chi connectivity index (χ4v) is 3.41. The number of hydrogen-bond donors (Lipinski definition) is 1. The second-order valence-electron chi connectivity index (χ2n) is 4.97. The second-order valence-corrected chi connectivity index (χ2v) is 6.11. The Balaban J connectivity index is 2.07. The van der Waals surface area contributed by atoms with Crippen molar-refractivity contribution < 1.29 is 9.72 Å². The van der Waals surface area contributed by atoms with Gasteiger partial charge in [-0.1, -0.05) is 18.6 Å². The minimum atomic E-state index is -0.513. The number of amides is 1. The van der Waals surface area contributed by atoms with Gasteiger partial charge < -0.3 is 5.32 Å². The fourth-order valence-electron chi connectivity index (χ4n) is 2.58. The summed E-state index contributed by atoms with van der Waals surface area (Å²) in [4.78, 5) is 22.6. The van der Waals surface area contributed by atoms with Crippen molar-refractivity contribution in [3.63, 3.8) is 0 Å². The molecular weight excluding hydrogens is 276 g/mol. The predicted octanol–water partition coefficient (Wildman–Crippen LogP) is 3.00. The van der Waals surface area contributed by atoms with E-state index in [9.17, 15) is 14.9 Å². The maximum atomic E-state index is 12.2. The molecule has 1 saturated carbocycles. The van der Waals surface area contributed by atoms with Crippen molar-refractivity contribution in [2.75, 3.05) is 6.26 Å². The average Bonchev–Trinajstić information content (AvgIpc) is 2.47. The standard InChI is InChI=1S/C14H18N2O3S/c1-20-11-6-4-5-10(9-11)15-14(17)12-7-2-3-8-13(12)16(18)19/h2-3,7-8,10-11H,4-6,9H2,1H3,(H,15,17)/t10-,11-/m1/s1. The number of para-hydroxylation sites is 1. The van der Waals surface area contributed by atoms with Gasteiger partial charge in [0.2, 0.25) is 0 Å². The fraction of sp³-hybridized carbons (Fsp3) is 0.500. The van der Waals surface area contributed by atoms with Crippen LogP contribution in [0.2, 0.25) is 0 Å². The molecule has 1 amide bonds. The van der Waals surface area contributed by atoms with Gasteiger partial charge in [-0.15, -0.1) is 0 Å². The smallest absolute Gasteiger partial charge is 0.282 e. The third-order valence-electron chi connectivity index (χ3n) is 3.64. The van der Waals surface area contributed by atoms with Gasteiger partial charge in [0, 0.05) is 17.4 Å². The molecule has 0 spiro atoms. The van der Waals surface area contributed by atoms with E-state index in [1.807, 2.05) is 11.8 Å². The average molecular weight is 294 g/mol. The van der Waals surface area contributed by atoms with Crippen molar-refractivity contribution in [3.05, 3.63) is 39.9 Å². The number of nitro benzene ring substituents is 1. The molecule has 6 heteroatoms. The molecule has 2 rings (SSSR count). The van der Waals surface area contributed by atoms with E-state index in [2.05, 4.69) is 11.6 Å². The largest absolute Gasteiger partial charge is 0.349 e. The molecule has 0 aliphatic heterocycles. The van der Waals surface area contributed by atoms with E-state index < -0.39 is 4.92 Å². The number of benzene rings is 1. The number of nitro groups is 1. The quantitative estimate of drug-likeness (QED) is 0.684. The van der Waals surface area contributed by atoms with Crippen LogP contribution in [-0.2, 0) is 0 Å². The first-order valence-corrected chi connectivity index (χ1v) is 7.97. The molecule has 108 valence electrons. The van der Waals surface area contributed by atoms with Gasteiger partial charge in [-0.25, -0.2) is 0 Å². The van der Waals surface area contributed by atoms with E-state index in [0.717, 1.165) is 19.3 Å². The summed E-state index contributed by atoms with van der Waals surface area (Å²) in [5, 5.41) is 14.4. The zero-order valence-electron chi connectivity index (χ0n) is 11.4. The summed E-state index contributed by atoms with van der Waals surface area (Å²) in [6, 6.07) is 6.20. The summed E-state index contributed by atoms with van der Waals surface area (Å²) >= 11 is 1.82. The zero-order valence-corrected chi connectivity index (χ0v) is 12.2. The number of carbonyl (C=O) groups excluding carboxylic acids is 1. The maximum Gasteiger partial charge on any atom is 0.282 e. The van der Waals surface area contributed by atoms with E-state index in [1.165, 1.54) is 18.6 Å². The van der Waals surface area contributed by atoms with Crippen molar-refractivity contribution in [2.24, 2.45) is 0 Å². The Kier molecular flexibility index (Phi) is 5.00. The highest BCUT2D eigenvalue weighted by Gasteiger charge is 2.25. The summed E-state index contributed by atoms with van der Waals surface area (Å²) in [5.41, 5.74) is 0.00556. The van der Waals surface area contributed by atoms with Gasteiger partial charge in [-0.3, -0.25) is 14.9 Å². The minimum Gasteiger partial charge on any atom is -0.349 e. The molecule has 1 fully saturated rings. The van der Waals surface area contributed by atoms with Gasteiger partial charge >= 0.3 is 0 Å². The lowest BCUT2D eigenvalue weighted by atomic mass is 9.94. The van der Waals surface area contributed by atoms with E-state index in [-0.39, 0.29) is 23.2 Å². The maximum absolute atomic E-state index is 12.2. The second kappa shape index (κ2) is 6.74. The van der Waals surface area contributed by atoms with Crippen LogP contribution in [0.15, 0.2) is 24.3 Å². The third-order valence-corrected chi connectivity index (χ3v) is 4.73. The highest BCUT2D eigenvalue weighted by Crippen LogP contribution is 2.27. The number of nitrogens with one attached hydrogen (secondary N) is 1. The van der Waals surface area contributed by atoms with Crippen molar-refractivity contribution in [1.82, 2.24) is 5.32 Å². The summed E-state index contributed by atoms with van der Waals surface area (Å²) in [5.74, 6) is -0.343. The number of thioether (sulfide) groups is 1. The molecule has 1 aliphatic carbocycles. The molecule has 20 heavy (non-hydrogen) atoms. The van der Waals surface area contributed by atoms with E-state index in [0.29, 0.717) is 5.25 Å². The molecule has 1 aromatic carbocycles. The highest BCUT2D eigenvalue weighted by atomic mass is 32.2. The third kappa shape index (κ3) is 3.50. The normalized spacial score (nSPS) is 22.2. The minimum absolute atomic E-state index is 0.119. The number of hydrogen-bond acceptors (Lipinski definition) is 4. The molecule has 0 heterocycles. The molecule has 1 aromatic rings. The number of carbonyl (C=O) groups is 1. The Labute approximate surface area is 122 Å². The van der Waals surface area contributed by atoms with Gasteiger partial charge in [0.1, 0.15) is 5.56 Å². The lowest BCUT2D eigenvalue weighted by Gasteiger charge is -2.28. The van der Waals surface area contributed by atoms with Crippen LogP contribution >= 0.6 is 11.8 Å². The first kappa shape index (κ1) is 14.8. The van der Waals surface area contributed by atoms with Crippen LogP contribution in [0.3, 0.4) is 0 Å². The van der Waals surface area contributed by atoms with Crippen LogP contribution in [0.4, 0.5) is 5.69 Å². The van der Waals surface area contributed by atoms with Gasteiger partial charge in [-0.05, 0) is 31.6 Å². The van der Waals surface area contributed by atoms with Crippen LogP contribution < -0.4 is 5.32 Å². The van der Waals surface area contributed by atoms with E-state index in [4.69, 9.17) is 0 Å². The molecular formula is C14H18N2O3S. The van der Waals surface area contributed by atoms with E-state index >= 15 is 0 Å². The van der Waals surface area contributed by atoms with Crippen LogP contribution in [0.1, 0.15) is 36.0 Å². The molecule has 1 aliphatic rings. The zero-order chi connectivity index (χ0) is 14.5. The topological polar surface area (TPSA) is 72.2 Å². The summed E-state index contributed by atoms with van der Waals surface area (Å²) in [7, 11) is 0. The number of nitrogens with zero attached hydrogens (tertiary/aromatic N) is 1. The van der Waals surface area contributed by atoms with Gasteiger partial charge in [0.05, 0.1) is 4.92 Å². The van der Waals surface area contributed by atoms with Crippen LogP contribution in [0.5, 0.6) is 0 Å². The van der Waals surface area contributed by atoms with Crippen LogP contribution in [0.25, 0.3) is 0 Å². The SMILES string of the molecule is CS[C@@H]1CCC[C@@H](NC(=O)c2ccccc2[N+](=O)[O-])C1. The Morgan fingerprint density at radius 2 is 2.15 bits per heavy atom. The Morgan fingerprint density at radius 3 is 2.85 bits per heavy atom. The summed E-state index contributed by atoms with van der Waals surface area (Å²) in [6.07, 6.45) is 6.24. The van der Waals surface area contributed by atoms with Gasteiger partial charge in [0.25, 0.3) is 11.6 Å². The Hall–Kier alpha value is -1.56. The lowest BCUT2D eigenvalue weighted by Crippen LogP contribution is -2.39. The molecule has 2 atom stereocenters. The van der Waals surface area contributed by atoms with Crippen LogP contribution in [0, 0.1) is 10.1 Å². The molecule has 5 nitrogen and oxygen atoms in total. The molecule has 0 bridgehead atoms. The molecule has 0 radical (unpaired) electrons. The lowest BCUT2D eigenvalue weighted by molar-refractivity contribution is -0.385. The van der Waals surface area contributed by atoms with Crippen molar-refractivity contribution in [2.45, 2.75) is 37.0 Å². The number of rotatable bonds is 4. The van der Waals surface area contributed by atoms with Crippen molar-refractivity contribution >= 4 is 23.4 Å².